The van der Waals surface area contributed by atoms with Crippen LogP contribution in [0.15, 0.2) is 36.7 Å². The van der Waals surface area contributed by atoms with Crippen LogP contribution in [0.1, 0.15) is 47.4 Å². The van der Waals surface area contributed by atoms with Crippen LogP contribution in [0.4, 0.5) is 4.39 Å². The van der Waals surface area contributed by atoms with Crippen LogP contribution < -0.4 is 5.32 Å². The molecule has 7 nitrogen and oxygen atoms in total. The average molecular weight is 428 g/mol. The maximum atomic E-state index is 13.2. The number of piperidine rings is 1. The Balaban J connectivity index is 1.56. The zero-order chi connectivity index (χ0) is 22.1. The highest BCUT2D eigenvalue weighted by Crippen LogP contribution is 2.11. The highest BCUT2D eigenvalue weighted by molar-refractivity contribution is 5.92. The smallest absolute Gasteiger partial charge is 0.274 e. The number of carbonyl (C=O) groups is 2. The van der Waals surface area contributed by atoms with E-state index in [1.54, 1.807) is 24.0 Å². The van der Waals surface area contributed by atoms with E-state index in [1.165, 1.54) is 43.8 Å². The molecule has 1 N–H and O–H groups in total. The van der Waals surface area contributed by atoms with E-state index in [9.17, 15) is 14.0 Å². The number of nitrogens with one attached hydrogen (secondary N) is 1. The Hall–Kier alpha value is -2.87. The van der Waals surface area contributed by atoms with Gasteiger partial charge >= 0.3 is 0 Å². The Morgan fingerprint density at radius 3 is 2.52 bits per heavy atom. The van der Waals surface area contributed by atoms with Gasteiger partial charge in [-0.3, -0.25) is 14.6 Å². The number of rotatable bonds is 9. The van der Waals surface area contributed by atoms with Crippen LogP contribution in [0.25, 0.3) is 0 Å². The molecule has 0 atom stereocenters. The predicted molar refractivity (Wildman–Crippen MR) is 116 cm³/mol. The summed E-state index contributed by atoms with van der Waals surface area (Å²) in [5.41, 5.74) is 1.72. The van der Waals surface area contributed by atoms with E-state index in [0.29, 0.717) is 6.54 Å². The molecule has 0 saturated carbocycles. The quantitative estimate of drug-likeness (QED) is 0.666. The van der Waals surface area contributed by atoms with Gasteiger partial charge in [0.05, 0.1) is 11.9 Å². The van der Waals surface area contributed by atoms with Crippen molar-refractivity contribution in [3.63, 3.8) is 0 Å². The molecule has 1 aliphatic heterocycles. The second-order valence-corrected chi connectivity index (χ2v) is 7.90. The van der Waals surface area contributed by atoms with Crippen LogP contribution in [-0.4, -0.2) is 64.3 Å². The first-order valence-corrected chi connectivity index (χ1v) is 10.8. The van der Waals surface area contributed by atoms with Gasteiger partial charge in [-0.2, -0.15) is 0 Å². The van der Waals surface area contributed by atoms with Crippen LogP contribution in [-0.2, 0) is 11.3 Å². The molecule has 0 aliphatic carbocycles. The van der Waals surface area contributed by atoms with Crippen LogP contribution in [0, 0.1) is 12.7 Å². The highest BCUT2D eigenvalue weighted by atomic mass is 19.1. The number of aromatic nitrogens is 2. The van der Waals surface area contributed by atoms with E-state index in [1.807, 2.05) is 0 Å². The Morgan fingerprint density at radius 1 is 1.10 bits per heavy atom. The summed E-state index contributed by atoms with van der Waals surface area (Å²) in [6.45, 7) is 5.93. The third-order valence-corrected chi connectivity index (χ3v) is 5.38. The van der Waals surface area contributed by atoms with Gasteiger partial charge in [0.25, 0.3) is 5.91 Å². The summed E-state index contributed by atoms with van der Waals surface area (Å²) in [5, 5.41) is 2.95. The molecule has 3 rings (SSSR count). The Morgan fingerprint density at radius 2 is 1.84 bits per heavy atom. The highest BCUT2D eigenvalue weighted by Gasteiger charge is 2.19. The fourth-order valence-electron chi connectivity index (χ4n) is 3.59. The van der Waals surface area contributed by atoms with Crippen molar-refractivity contribution < 1.29 is 14.0 Å². The van der Waals surface area contributed by atoms with Crippen molar-refractivity contribution in [2.24, 2.45) is 0 Å². The molecular weight excluding hydrogens is 397 g/mol. The first kappa shape index (κ1) is 22.8. The molecule has 2 aromatic rings. The normalized spacial score (nSPS) is 14.3. The van der Waals surface area contributed by atoms with Crippen LogP contribution in [0.3, 0.4) is 0 Å². The Labute approximate surface area is 182 Å². The topological polar surface area (TPSA) is 78.4 Å². The molecule has 0 spiro atoms. The minimum absolute atomic E-state index is 0.0936. The number of likely N-dealkylation sites (tertiary alicyclic amines) is 1. The van der Waals surface area contributed by atoms with Gasteiger partial charge in [-0.05, 0) is 50.6 Å². The van der Waals surface area contributed by atoms with Crippen molar-refractivity contribution >= 4 is 11.8 Å². The fraction of sp³-hybridized carbons (Fsp3) is 0.478. The minimum atomic E-state index is -0.334. The number of carbonyl (C=O) groups excluding carboxylic acids is 2. The second kappa shape index (κ2) is 11.5. The number of aryl methyl sites for hydroxylation is 1. The lowest BCUT2D eigenvalue weighted by Crippen LogP contribution is -2.39. The molecule has 1 aromatic carbocycles. The Bertz CT molecular complexity index is 851. The van der Waals surface area contributed by atoms with Gasteiger partial charge in [0.2, 0.25) is 5.91 Å². The lowest BCUT2D eigenvalue weighted by atomic mass is 10.1. The summed E-state index contributed by atoms with van der Waals surface area (Å²) in [7, 11) is 0. The van der Waals surface area contributed by atoms with Crippen LogP contribution in [0.5, 0.6) is 0 Å². The third kappa shape index (κ3) is 7.40. The van der Waals surface area contributed by atoms with Crippen molar-refractivity contribution in [1.82, 2.24) is 25.1 Å². The molecule has 1 aromatic heterocycles. The van der Waals surface area contributed by atoms with Gasteiger partial charge in [-0.25, -0.2) is 9.37 Å². The monoisotopic (exact) mass is 427 g/mol. The van der Waals surface area contributed by atoms with Crippen LogP contribution in [0.2, 0.25) is 0 Å². The van der Waals surface area contributed by atoms with E-state index < -0.39 is 0 Å². The largest absolute Gasteiger partial charge is 0.355 e. The maximum Gasteiger partial charge on any atom is 0.274 e. The minimum Gasteiger partial charge on any atom is -0.355 e. The van der Waals surface area contributed by atoms with Gasteiger partial charge < -0.3 is 15.1 Å². The molecule has 1 aliphatic rings. The summed E-state index contributed by atoms with van der Waals surface area (Å²) in [5.74, 6) is -0.735. The first-order chi connectivity index (χ1) is 15.0. The molecule has 2 heterocycles. The van der Waals surface area contributed by atoms with Crippen molar-refractivity contribution in [2.75, 3.05) is 32.7 Å². The molecule has 0 unspecified atom stereocenters. The number of benzene rings is 1. The summed E-state index contributed by atoms with van der Waals surface area (Å²) in [6.07, 6.45) is 6.88. The third-order valence-electron chi connectivity index (χ3n) is 5.38. The molecule has 31 heavy (non-hydrogen) atoms. The number of nitrogens with zero attached hydrogens (tertiary/aromatic N) is 4. The van der Waals surface area contributed by atoms with Crippen molar-refractivity contribution in [3.8, 4) is 0 Å². The first-order valence-electron chi connectivity index (χ1n) is 10.8. The molecular formula is C23H30FN5O2. The number of amides is 2. The SMILES string of the molecule is Cc1cnc(C(=O)N(CCC(=O)NCCN2CCCCC2)Cc2ccc(F)cc2)cn1. The van der Waals surface area contributed by atoms with Crippen molar-refractivity contribution in [2.45, 2.75) is 39.2 Å². The van der Waals surface area contributed by atoms with Gasteiger partial charge in [-0.15, -0.1) is 0 Å². The fourth-order valence-corrected chi connectivity index (χ4v) is 3.59. The summed E-state index contributed by atoms with van der Waals surface area (Å²) in [4.78, 5) is 37.5. The molecule has 2 amide bonds. The van der Waals surface area contributed by atoms with E-state index in [2.05, 4.69) is 20.2 Å². The molecule has 166 valence electrons. The number of hydrogen-bond donors (Lipinski definition) is 1. The second-order valence-electron chi connectivity index (χ2n) is 7.90. The number of halogens is 1. The standard InChI is InChI=1S/C23H30FN5O2/c1-18-15-27-21(16-26-18)23(31)29(17-19-5-7-20(24)8-6-19)13-9-22(30)25-10-14-28-11-3-2-4-12-28/h5-8,15-16H,2-4,9-14,17H2,1H3,(H,25,30). The number of hydrogen-bond acceptors (Lipinski definition) is 5. The molecule has 1 saturated heterocycles. The average Bonchev–Trinajstić information content (AvgIpc) is 2.79. The van der Waals surface area contributed by atoms with Crippen molar-refractivity contribution in [3.05, 3.63) is 59.4 Å². The Kier molecular flexibility index (Phi) is 8.46. The van der Waals surface area contributed by atoms with E-state index in [4.69, 9.17) is 0 Å². The van der Waals surface area contributed by atoms with Crippen LogP contribution >= 0.6 is 0 Å². The molecule has 0 radical (unpaired) electrons. The van der Waals surface area contributed by atoms with Gasteiger partial charge in [0, 0.05) is 38.8 Å². The molecule has 0 bridgehead atoms. The van der Waals surface area contributed by atoms with Gasteiger partial charge in [0.15, 0.2) is 0 Å². The lowest BCUT2D eigenvalue weighted by molar-refractivity contribution is -0.121. The van der Waals surface area contributed by atoms with Crippen molar-refractivity contribution in [1.29, 1.82) is 0 Å². The zero-order valence-electron chi connectivity index (χ0n) is 18.0. The summed E-state index contributed by atoms with van der Waals surface area (Å²) < 4.78 is 13.2. The summed E-state index contributed by atoms with van der Waals surface area (Å²) >= 11 is 0. The molecule has 1 fully saturated rings. The summed E-state index contributed by atoms with van der Waals surface area (Å²) in [6, 6.07) is 5.98. The van der Waals surface area contributed by atoms with Gasteiger partial charge in [-0.1, -0.05) is 18.6 Å². The van der Waals surface area contributed by atoms with E-state index >= 15 is 0 Å². The van der Waals surface area contributed by atoms with E-state index in [0.717, 1.165) is 30.9 Å². The maximum absolute atomic E-state index is 13.2. The zero-order valence-corrected chi connectivity index (χ0v) is 18.0. The van der Waals surface area contributed by atoms with E-state index in [-0.39, 0.29) is 42.8 Å². The van der Waals surface area contributed by atoms with Gasteiger partial charge in [0.1, 0.15) is 11.5 Å². The lowest BCUT2D eigenvalue weighted by Gasteiger charge is -2.26. The predicted octanol–water partition coefficient (Wildman–Crippen LogP) is 2.56. The molecule has 8 heteroatoms.